The van der Waals surface area contributed by atoms with Crippen LogP contribution in [0.2, 0.25) is 0 Å². The van der Waals surface area contributed by atoms with Gasteiger partial charge in [-0.05, 0) is 31.2 Å². The molecule has 0 radical (unpaired) electrons. The number of carbonyl (C=O) groups is 3. The number of hydrogen-bond acceptors (Lipinski definition) is 4. The van der Waals surface area contributed by atoms with Gasteiger partial charge in [-0.25, -0.2) is 4.98 Å². The van der Waals surface area contributed by atoms with Crippen molar-refractivity contribution in [2.24, 2.45) is 5.92 Å². The normalized spacial score (nSPS) is 12.8. The van der Waals surface area contributed by atoms with Crippen molar-refractivity contribution in [2.45, 2.75) is 58.5 Å². The highest BCUT2D eigenvalue weighted by Crippen LogP contribution is 2.05. The average Bonchev–Trinajstić information content (AvgIpc) is 3.23. The quantitative estimate of drug-likeness (QED) is 0.413. The number of aromatic nitrogens is 2. The summed E-state index contributed by atoms with van der Waals surface area (Å²) in [6, 6.07) is 8.92. The molecule has 0 aliphatic heterocycles. The maximum absolute atomic E-state index is 12.7. The number of benzene rings is 1. The van der Waals surface area contributed by atoms with Crippen molar-refractivity contribution < 1.29 is 14.4 Å². The van der Waals surface area contributed by atoms with Gasteiger partial charge in [0.15, 0.2) is 0 Å². The van der Waals surface area contributed by atoms with E-state index in [0.29, 0.717) is 12.3 Å². The van der Waals surface area contributed by atoms with Gasteiger partial charge in [0.05, 0.1) is 12.9 Å². The van der Waals surface area contributed by atoms with Crippen molar-refractivity contribution in [3.63, 3.8) is 0 Å². The van der Waals surface area contributed by atoms with Crippen molar-refractivity contribution in [1.29, 1.82) is 0 Å². The lowest BCUT2D eigenvalue weighted by atomic mass is 10.1. The largest absolute Gasteiger partial charge is 0.352 e. The second-order valence-electron chi connectivity index (χ2n) is 8.20. The molecule has 1 aromatic carbocycles. The molecule has 4 N–H and O–H groups in total. The maximum Gasteiger partial charge on any atom is 0.243 e. The first-order valence-electron chi connectivity index (χ1n) is 10.7. The van der Waals surface area contributed by atoms with Crippen molar-refractivity contribution in [2.75, 3.05) is 6.54 Å². The summed E-state index contributed by atoms with van der Waals surface area (Å²) in [5.41, 5.74) is 1.78. The Morgan fingerprint density at radius 1 is 1.03 bits per heavy atom. The molecule has 1 aromatic heterocycles. The van der Waals surface area contributed by atoms with Gasteiger partial charge in [-0.3, -0.25) is 14.4 Å². The number of nitrogens with zero attached hydrogens (tertiary/aromatic N) is 1. The van der Waals surface area contributed by atoms with Crippen LogP contribution in [-0.2, 0) is 27.2 Å². The zero-order valence-electron chi connectivity index (χ0n) is 18.5. The van der Waals surface area contributed by atoms with Gasteiger partial charge in [0, 0.05) is 30.8 Å². The molecule has 168 valence electrons. The fourth-order valence-electron chi connectivity index (χ4n) is 3.38. The van der Waals surface area contributed by atoms with Crippen molar-refractivity contribution in [3.05, 3.63) is 54.1 Å². The van der Waals surface area contributed by atoms with Crippen LogP contribution >= 0.6 is 0 Å². The summed E-state index contributed by atoms with van der Waals surface area (Å²) < 4.78 is 0. The van der Waals surface area contributed by atoms with Gasteiger partial charge in [0.2, 0.25) is 17.7 Å². The lowest BCUT2D eigenvalue weighted by Gasteiger charge is -2.19. The van der Waals surface area contributed by atoms with Crippen LogP contribution in [0.25, 0.3) is 0 Å². The summed E-state index contributed by atoms with van der Waals surface area (Å²) in [5, 5.41) is 8.29. The Labute approximate surface area is 183 Å². The van der Waals surface area contributed by atoms with E-state index in [2.05, 4.69) is 39.8 Å². The maximum atomic E-state index is 12.7. The fraction of sp³-hybridized carbons (Fsp3) is 0.478. The van der Waals surface area contributed by atoms with E-state index in [1.54, 1.807) is 6.20 Å². The average molecular weight is 428 g/mol. The Kier molecular flexibility index (Phi) is 9.74. The lowest BCUT2D eigenvalue weighted by Crippen LogP contribution is -2.50. The van der Waals surface area contributed by atoms with Crippen molar-refractivity contribution in [3.8, 4) is 0 Å². The van der Waals surface area contributed by atoms with Crippen LogP contribution in [0.3, 0.4) is 0 Å². The lowest BCUT2D eigenvalue weighted by molar-refractivity contribution is -0.130. The number of amides is 3. The molecule has 2 aromatic rings. The standard InChI is InChI=1S/C23H33N5O3/c1-16(2)11-17(3)27-22(30)14-25-23(31)20(12-19-13-24-15-26-19)28-21(29)10-9-18-7-5-4-6-8-18/h4-8,13,15-17,20H,9-12,14H2,1-3H3,(H,24,26)(H,25,31)(H,27,30)(H,28,29). The molecule has 0 spiro atoms. The molecule has 3 amide bonds. The van der Waals surface area contributed by atoms with Crippen LogP contribution in [0.1, 0.15) is 44.9 Å². The highest BCUT2D eigenvalue weighted by Gasteiger charge is 2.22. The minimum Gasteiger partial charge on any atom is -0.352 e. The number of rotatable bonds is 12. The molecule has 0 bridgehead atoms. The van der Waals surface area contributed by atoms with Gasteiger partial charge in [-0.15, -0.1) is 0 Å². The molecule has 0 aliphatic carbocycles. The summed E-state index contributed by atoms with van der Waals surface area (Å²) in [7, 11) is 0. The number of carbonyl (C=O) groups excluding carboxylic acids is 3. The molecule has 8 nitrogen and oxygen atoms in total. The van der Waals surface area contributed by atoms with Crippen LogP contribution in [0.15, 0.2) is 42.9 Å². The first kappa shape index (κ1) is 24.1. The van der Waals surface area contributed by atoms with Gasteiger partial charge in [0.25, 0.3) is 0 Å². The van der Waals surface area contributed by atoms with E-state index in [0.717, 1.165) is 17.7 Å². The molecule has 1 heterocycles. The van der Waals surface area contributed by atoms with Gasteiger partial charge in [-0.2, -0.15) is 0 Å². The SMILES string of the molecule is CC(C)CC(C)NC(=O)CNC(=O)C(Cc1cnc[nH]1)NC(=O)CCc1ccccc1. The number of hydrogen-bond donors (Lipinski definition) is 4. The van der Waals surface area contributed by atoms with E-state index >= 15 is 0 Å². The summed E-state index contributed by atoms with van der Waals surface area (Å²) in [6.45, 7) is 5.98. The number of imidazole rings is 1. The third kappa shape index (κ3) is 9.46. The third-order valence-electron chi connectivity index (χ3n) is 4.77. The van der Waals surface area contributed by atoms with E-state index in [9.17, 15) is 14.4 Å². The summed E-state index contributed by atoms with van der Waals surface area (Å²) >= 11 is 0. The smallest absolute Gasteiger partial charge is 0.243 e. The summed E-state index contributed by atoms with van der Waals surface area (Å²) in [6.07, 6.45) is 5.10. The highest BCUT2D eigenvalue weighted by atomic mass is 16.2. The Bertz CT molecular complexity index is 821. The Morgan fingerprint density at radius 3 is 2.42 bits per heavy atom. The molecule has 0 saturated heterocycles. The molecule has 31 heavy (non-hydrogen) atoms. The van der Waals surface area contributed by atoms with Crippen molar-refractivity contribution >= 4 is 17.7 Å². The number of H-pyrrole nitrogens is 1. The topological polar surface area (TPSA) is 116 Å². The zero-order chi connectivity index (χ0) is 22.6. The third-order valence-corrected chi connectivity index (χ3v) is 4.77. The van der Waals surface area contributed by atoms with Gasteiger partial charge in [-0.1, -0.05) is 44.2 Å². The summed E-state index contributed by atoms with van der Waals surface area (Å²) in [5.74, 6) is -0.417. The van der Waals surface area contributed by atoms with E-state index in [-0.39, 0.29) is 37.2 Å². The Balaban J connectivity index is 1.88. The van der Waals surface area contributed by atoms with E-state index in [1.807, 2.05) is 37.3 Å². The minimum absolute atomic E-state index is 0.0304. The number of aryl methyl sites for hydroxylation is 1. The molecule has 2 unspecified atom stereocenters. The van der Waals surface area contributed by atoms with Gasteiger partial charge in [0.1, 0.15) is 6.04 Å². The molecule has 0 aliphatic rings. The van der Waals surface area contributed by atoms with Gasteiger partial charge >= 0.3 is 0 Å². The predicted molar refractivity (Wildman–Crippen MR) is 119 cm³/mol. The minimum atomic E-state index is -0.801. The number of aromatic amines is 1. The van der Waals surface area contributed by atoms with Crippen LogP contribution < -0.4 is 16.0 Å². The Hall–Kier alpha value is -3.16. The highest BCUT2D eigenvalue weighted by molar-refractivity contribution is 5.90. The van der Waals surface area contributed by atoms with E-state index in [1.165, 1.54) is 6.33 Å². The second kappa shape index (κ2) is 12.5. The molecule has 8 heteroatoms. The van der Waals surface area contributed by atoms with E-state index in [4.69, 9.17) is 0 Å². The predicted octanol–water partition coefficient (Wildman–Crippen LogP) is 1.74. The number of nitrogens with one attached hydrogen (secondary N) is 4. The van der Waals surface area contributed by atoms with Crippen LogP contribution in [-0.4, -0.2) is 46.3 Å². The summed E-state index contributed by atoms with van der Waals surface area (Å²) in [4.78, 5) is 44.2. The molecular weight excluding hydrogens is 394 g/mol. The van der Waals surface area contributed by atoms with E-state index < -0.39 is 11.9 Å². The fourth-order valence-corrected chi connectivity index (χ4v) is 3.38. The molecule has 2 rings (SSSR count). The molecule has 2 atom stereocenters. The first-order valence-corrected chi connectivity index (χ1v) is 10.7. The van der Waals surface area contributed by atoms with Gasteiger partial charge < -0.3 is 20.9 Å². The van der Waals surface area contributed by atoms with Crippen LogP contribution in [0.5, 0.6) is 0 Å². The monoisotopic (exact) mass is 427 g/mol. The van der Waals surface area contributed by atoms with Crippen LogP contribution in [0.4, 0.5) is 0 Å². The first-order chi connectivity index (χ1) is 14.8. The zero-order valence-corrected chi connectivity index (χ0v) is 18.5. The van der Waals surface area contributed by atoms with Crippen molar-refractivity contribution in [1.82, 2.24) is 25.9 Å². The molecule has 0 fully saturated rings. The van der Waals surface area contributed by atoms with Crippen LogP contribution in [0, 0.1) is 5.92 Å². The molecular formula is C23H33N5O3. The second-order valence-corrected chi connectivity index (χ2v) is 8.20. The molecule has 0 saturated carbocycles. The Morgan fingerprint density at radius 2 is 1.77 bits per heavy atom.